The van der Waals surface area contributed by atoms with Crippen LogP contribution in [0.15, 0.2) is 53.5 Å². The molecule has 6 heteroatoms. The molecule has 0 unspecified atom stereocenters. The highest BCUT2D eigenvalue weighted by Crippen LogP contribution is 2.25. The van der Waals surface area contributed by atoms with E-state index in [9.17, 15) is 9.90 Å². The van der Waals surface area contributed by atoms with Gasteiger partial charge in [-0.15, -0.1) is 0 Å². The lowest BCUT2D eigenvalue weighted by Crippen LogP contribution is -2.03. The van der Waals surface area contributed by atoms with Gasteiger partial charge >= 0.3 is 5.97 Å². The molecular weight excluding hydrogens is 463 g/mol. The van der Waals surface area contributed by atoms with Gasteiger partial charge in [0.25, 0.3) is 0 Å². The summed E-state index contributed by atoms with van der Waals surface area (Å²) in [5.41, 5.74) is 4.69. The highest BCUT2D eigenvalue weighted by Gasteiger charge is 2.14. The lowest BCUT2D eigenvalue weighted by atomic mass is 10.2. The highest BCUT2D eigenvalue weighted by atomic mass is 127. The summed E-state index contributed by atoms with van der Waals surface area (Å²) >= 11 is 8.24. The van der Waals surface area contributed by atoms with Gasteiger partial charge in [0.2, 0.25) is 0 Å². The third kappa shape index (κ3) is 3.83. The van der Waals surface area contributed by atoms with Crippen LogP contribution in [0.5, 0.6) is 0 Å². The summed E-state index contributed by atoms with van der Waals surface area (Å²) in [6.45, 7) is 3.96. The van der Waals surface area contributed by atoms with Crippen molar-refractivity contribution >= 4 is 52.1 Å². The number of hydrogen-bond acceptors (Lipinski definition) is 2. The van der Waals surface area contributed by atoms with Crippen LogP contribution in [-0.4, -0.2) is 21.9 Å². The van der Waals surface area contributed by atoms with Crippen molar-refractivity contribution in [2.75, 3.05) is 0 Å². The quantitative estimate of drug-likeness (QED) is 0.380. The van der Waals surface area contributed by atoms with Crippen molar-refractivity contribution < 1.29 is 9.90 Å². The summed E-state index contributed by atoms with van der Waals surface area (Å²) in [7, 11) is 0. The Labute approximate surface area is 170 Å². The van der Waals surface area contributed by atoms with Crippen molar-refractivity contribution in [1.82, 2.24) is 4.57 Å². The van der Waals surface area contributed by atoms with Crippen LogP contribution in [-0.2, 0) is 0 Å². The average molecular weight is 479 g/mol. The van der Waals surface area contributed by atoms with Crippen molar-refractivity contribution in [2.45, 2.75) is 13.8 Å². The van der Waals surface area contributed by atoms with Crippen LogP contribution < -0.4 is 0 Å². The fourth-order valence-corrected chi connectivity index (χ4v) is 3.36. The van der Waals surface area contributed by atoms with Crippen LogP contribution >= 0.6 is 34.2 Å². The van der Waals surface area contributed by atoms with Gasteiger partial charge in [-0.3, -0.25) is 4.99 Å². The van der Waals surface area contributed by atoms with Gasteiger partial charge in [-0.2, -0.15) is 0 Å². The maximum absolute atomic E-state index is 11.3. The third-order valence-corrected chi connectivity index (χ3v) is 5.14. The minimum Gasteiger partial charge on any atom is -0.478 e. The van der Waals surface area contributed by atoms with Crippen LogP contribution in [0.4, 0.5) is 5.69 Å². The molecule has 0 saturated heterocycles. The van der Waals surface area contributed by atoms with Crippen molar-refractivity contribution in [3.8, 4) is 5.69 Å². The number of hydrogen-bond donors (Lipinski definition) is 1. The van der Waals surface area contributed by atoms with E-state index in [1.54, 1.807) is 12.1 Å². The Bertz CT molecular complexity index is 1010. The number of rotatable bonds is 4. The standard InChI is InChI=1S/C20H16ClIN2O2/c1-12-9-14(11-23-16-5-3-15(22)4-6-16)13(2)24(12)17-7-8-19(21)18(10-17)20(25)26/h3-11H,1-2H3,(H,25,26). The normalized spacial score (nSPS) is 11.2. The van der Waals surface area contributed by atoms with Crippen LogP contribution in [0.25, 0.3) is 5.69 Å². The Morgan fingerprint density at radius 2 is 1.85 bits per heavy atom. The number of carbonyl (C=O) groups is 1. The molecule has 0 aliphatic heterocycles. The maximum Gasteiger partial charge on any atom is 0.337 e. The second-order valence-electron chi connectivity index (χ2n) is 5.87. The van der Waals surface area contributed by atoms with Crippen molar-refractivity contribution in [2.24, 2.45) is 4.99 Å². The van der Waals surface area contributed by atoms with Gasteiger partial charge in [-0.1, -0.05) is 11.6 Å². The Morgan fingerprint density at radius 3 is 2.50 bits per heavy atom. The minimum atomic E-state index is -1.04. The van der Waals surface area contributed by atoms with Crippen molar-refractivity contribution in [3.05, 3.63) is 79.6 Å². The molecule has 0 radical (unpaired) electrons. The number of aryl methyl sites for hydroxylation is 1. The molecule has 0 atom stereocenters. The van der Waals surface area contributed by atoms with Gasteiger partial charge in [0.15, 0.2) is 0 Å². The summed E-state index contributed by atoms with van der Waals surface area (Å²) < 4.78 is 3.16. The number of aliphatic imine (C=N–C) groups is 1. The molecule has 4 nitrogen and oxygen atoms in total. The molecule has 26 heavy (non-hydrogen) atoms. The molecule has 1 N–H and O–H groups in total. The Hall–Kier alpha value is -2.12. The first-order chi connectivity index (χ1) is 12.4. The van der Waals surface area contributed by atoms with E-state index in [0.717, 1.165) is 31.9 Å². The summed E-state index contributed by atoms with van der Waals surface area (Å²) in [6.07, 6.45) is 1.83. The predicted molar refractivity (Wildman–Crippen MR) is 114 cm³/mol. The average Bonchev–Trinajstić information content (AvgIpc) is 2.89. The largest absolute Gasteiger partial charge is 0.478 e. The second-order valence-corrected chi connectivity index (χ2v) is 7.52. The first kappa shape index (κ1) is 18.7. The summed E-state index contributed by atoms with van der Waals surface area (Å²) in [5.74, 6) is -1.04. The highest BCUT2D eigenvalue weighted by molar-refractivity contribution is 14.1. The predicted octanol–water partition coefficient (Wildman–Crippen LogP) is 5.80. The maximum atomic E-state index is 11.3. The molecular formula is C20H16ClIN2O2. The number of halogens is 2. The second kappa shape index (κ2) is 7.63. The number of carboxylic acids is 1. The first-order valence-electron chi connectivity index (χ1n) is 7.88. The fraction of sp³-hybridized carbons (Fsp3) is 0.100. The van der Waals surface area contributed by atoms with E-state index in [-0.39, 0.29) is 10.6 Å². The van der Waals surface area contributed by atoms with E-state index in [0.29, 0.717) is 0 Å². The summed E-state index contributed by atoms with van der Waals surface area (Å²) in [4.78, 5) is 15.9. The minimum absolute atomic E-state index is 0.0887. The molecule has 0 fully saturated rings. The molecule has 1 heterocycles. The zero-order valence-electron chi connectivity index (χ0n) is 14.2. The van der Waals surface area contributed by atoms with E-state index in [1.165, 1.54) is 0 Å². The van der Waals surface area contributed by atoms with Gasteiger partial charge in [0.1, 0.15) is 0 Å². The van der Waals surface area contributed by atoms with Gasteiger partial charge in [-0.05, 0) is 85.0 Å². The lowest BCUT2D eigenvalue weighted by Gasteiger charge is -2.11. The number of benzene rings is 2. The van der Waals surface area contributed by atoms with E-state index < -0.39 is 5.97 Å². The summed E-state index contributed by atoms with van der Waals surface area (Å²) in [5, 5.41) is 9.52. The molecule has 132 valence electrons. The molecule has 0 spiro atoms. The number of aromatic nitrogens is 1. The molecule has 0 amide bonds. The Balaban J connectivity index is 1.99. The molecule has 0 bridgehead atoms. The van der Waals surface area contributed by atoms with E-state index in [2.05, 4.69) is 27.6 Å². The number of carboxylic acid groups (broad SMARTS) is 1. The molecule has 1 aromatic heterocycles. The van der Waals surface area contributed by atoms with Gasteiger partial charge < -0.3 is 9.67 Å². The van der Waals surface area contributed by atoms with Crippen LogP contribution in [0.2, 0.25) is 5.02 Å². The molecule has 3 rings (SSSR count). The molecule has 3 aromatic rings. The molecule has 0 aliphatic carbocycles. The van der Waals surface area contributed by atoms with E-state index >= 15 is 0 Å². The zero-order valence-corrected chi connectivity index (χ0v) is 17.1. The fourth-order valence-electron chi connectivity index (χ4n) is 2.80. The van der Waals surface area contributed by atoms with Gasteiger partial charge in [0.05, 0.1) is 16.3 Å². The smallest absolute Gasteiger partial charge is 0.337 e. The van der Waals surface area contributed by atoms with Gasteiger partial charge in [-0.25, -0.2) is 4.79 Å². The SMILES string of the molecule is Cc1cc(C=Nc2ccc(I)cc2)c(C)n1-c1ccc(Cl)c(C(=O)O)c1. The molecule has 0 saturated carbocycles. The van der Waals surface area contributed by atoms with E-state index in [4.69, 9.17) is 11.6 Å². The number of nitrogens with zero attached hydrogens (tertiary/aromatic N) is 2. The van der Waals surface area contributed by atoms with Crippen LogP contribution in [0.1, 0.15) is 27.3 Å². The van der Waals surface area contributed by atoms with Gasteiger partial charge in [0, 0.05) is 32.4 Å². The van der Waals surface area contributed by atoms with Crippen LogP contribution in [0, 0.1) is 17.4 Å². The molecule has 2 aromatic carbocycles. The summed E-state index contributed by atoms with van der Waals surface area (Å²) in [6, 6.07) is 15.0. The lowest BCUT2D eigenvalue weighted by molar-refractivity contribution is 0.0697. The number of aromatic carboxylic acids is 1. The van der Waals surface area contributed by atoms with Crippen molar-refractivity contribution in [1.29, 1.82) is 0 Å². The molecule has 0 aliphatic rings. The monoisotopic (exact) mass is 478 g/mol. The zero-order chi connectivity index (χ0) is 18.8. The topological polar surface area (TPSA) is 54.6 Å². The first-order valence-corrected chi connectivity index (χ1v) is 9.34. The van der Waals surface area contributed by atoms with E-state index in [1.807, 2.05) is 61.0 Å². The Morgan fingerprint density at radius 1 is 1.15 bits per heavy atom. The van der Waals surface area contributed by atoms with Crippen LogP contribution in [0.3, 0.4) is 0 Å². The third-order valence-electron chi connectivity index (χ3n) is 4.09. The Kier molecular flexibility index (Phi) is 5.48. The van der Waals surface area contributed by atoms with Crippen molar-refractivity contribution in [3.63, 3.8) is 0 Å².